The van der Waals surface area contributed by atoms with Crippen LogP contribution < -0.4 is 10.6 Å². The Morgan fingerprint density at radius 3 is 2.00 bits per heavy atom. The molecule has 0 radical (unpaired) electrons. The average molecular weight is 462 g/mol. The van der Waals surface area contributed by atoms with Crippen LogP contribution in [0.25, 0.3) is 0 Å². The second-order valence-corrected chi connectivity index (χ2v) is 10.9. The predicted molar refractivity (Wildman–Crippen MR) is 129 cm³/mol. The topological polar surface area (TPSA) is 72.8 Å². The number of carbonyl (C=O) groups is 1. The number of benzene rings is 3. The zero-order valence-electron chi connectivity index (χ0n) is 18.2. The second-order valence-electron chi connectivity index (χ2n) is 7.93. The van der Waals surface area contributed by atoms with E-state index in [1.165, 1.54) is 12.2 Å². The second kappa shape index (κ2) is 10.9. The summed E-state index contributed by atoms with van der Waals surface area (Å²) >= 11 is 0. The highest BCUT2D eigenvalue weighted by Gasteiger charge is 2.45. The molecule has 3 atom stereocenters. The van der Waals surface area contributed by atoms with Crippen LogP contribution in [-0.4, -0.2) is 35.5 Å². The highest BCUT2D eigenvalue weighted by atomic mass is 31.2. The van der Waals surface area contributed by atoms with E-state index < -0.39 is 25.2 Å². The quantitative estimate of drug-likeness (QED) is 0.387. The molecule has 0 saturated carbocycles. The first kappa shape index (κ1) is 23.3. The fourth-order valence-corrected chi connectivity index (χ4v) is 7.50. The highest BCUT2D eigenvalue weighted by molar-refractivity contribution is 7.79. The van der Waals surface area contributed by atoms with Crippen LogP contribution in [0.3, 0.4) is 0 Å². The molecule has 1 aliphatic rings. The van der Waals surface area contributed by atoms with Crippen LogP contribution in [0.15, 0.2) is 103 Å². The smallest absolute Gasteiger partial charge is 0.185 e. The van der Waals surface area contributed by atoms with Crippen LogP contribution in [0.1, 0.15) is 12.0 Å². The first-order valence-electron chi connectivity index (χ1n) is 11.0. The number of aliphatic hydroxyl groups is 1. The van der Waals surface area contributed by atoms with E-state index in [9.17, 15) is 14.5 Å². The zero-order valence-corrected chi connectivity index (χ0v) is 19.1. The van der Waals surface area contributed by atoms with Crippen molar-refractivity contribution in [2.75, 3.05) is 6.61 Å². The Balaban J connectivity index is 1.68. The maximum atomic E-state index is 14.9. The van der Waals surface area contributed by atoms with Crippen molar-refractivity contribution in [2.24, 2.45) is 0 Å². The lowest BCUT2D eigenvalue weighted by atomic mass is 10.1. The average Bonchev–Trinajstić information content (AvgIpc) is 2.87. The molecule has 6 heteroatoms. The van der Waals surface area contributed by atoms with Gasteiger partial charge in [-0.25, -0.2) is 0 Å². The molecule has 0 spiro atoms. The maximum Gasteiger partial charge on any atom is 0.185 e. The summed E-state index contributed by atoms with van der Waals surface area (Å²) < 4.78 is 26.5. The predicted octanol–water partition coefficient (Wildman–Crippen LogP) is 3.82. The Hall–Kier alpha value is -2.82. The molecule has 0 amide bonds. The molecule has 0 fully saturated rings. The fraction of sp³-hybridized carbons (Fsp3) is 0.222. The third-order valence-electron chi connectivity index (χ3n) is 5.76. The lowest BCUT2D eigenvalue weighted by molar-refractivity contribution is -0.148. The number of carbonyl (C=O) groups excluding carboxylic acids is 1. The van der Waals surface area contributed by atoms with Gasteiger partial charge in [0.05, 0.1) is 12.3 Å². The van der Waals surface area contributed by atoms with E-state index >= 15 is 0 Å². The molecule has 4 rings (SSSR count). The van der Waals surface area contributed by atoms with Gasteiger partial charge in [0.1, 0.15) is 13.2 Å². The lowest BCUT2D eigenvalue weighted by Gasteiger charge is -2.35. The zero-order chi connectivity index (χ0) is 23.1. The van der Waals surface area contributed by atoms with Crippen LogP contribution in [-0.2, 0) is 25.4 Å². The number of aliphatic hydroxyl groups excluding tert-OH is 1. The molecule has 1 N–H and O–H groups in total. The molecule has 1 aliphatic heterocycles. The summed E-state index contributed by atoms with van der Waals surface area (Å²) in [5.74, 6) is -0.305. The minimum absolute atomic E-state index is 0.288. The minimum Gasteiger partial charge on any atom is -0.377 e. The van der Waals surface area contributed by atoms with E-state index in [0.29, 0.717) is 23.6 Å². The van der Waals surface area contributed by atoms with Gasteiger partial charge in [0.15, 0.2) is 12.1 Å². The Labute approximate surface area is 194 Å². The largest absolute Gasteiger partial charge is 0.377 e. The third-order valence-corrected chi connectivity index (χ3v) is 9.35. The van der Waals surface area contributed by atoms with Crippen molar-refractivity contribution in [3.05, 3.63) is 109 Å². The molecule has 0 bridgehead atoms. The van der Waals surface area contributed by atoms with Gasteiger partial charge in [-0.15, -0.1) is 0 Å². The standard InChI is InChI=1S/C27H27O5P/c28-24-16-17-26(29)32-27(24)25(18-19-31-20-21-10-4-1-5-11-21)33(30,22-12-6-2-7-13-22)23-14-8-3-9-15-23/h1-17,25-27,29H,18-20H2/t25-,26?,27+/m1/s1. The van der Waals surface area contributed by atoms with Gasteiger partial charge in [-0.3, -0.25) is 4.79 Å². The van der Waals surface area contributed by atoms with Gasteiger partial charge >= 0.3 is 0 Å². The van der Waals surface area contributed by atoms with Gasteiger partial charge in [0.25, 0.3) is 0 Å². The van der Waals surface area contributed by atoms with Crippen molar-refractivity contribution in [3.63, 3.8) is 0 Å². The monoisotopic (exact) mass is 462 g/mol. The molecule has 1 unspecified atom stereocenters. The van der Waals surface area contributed by atoms with Crippen molar-refractivity contribution in [2.45, 2.75) is 31.1 Å². The highest BCUT2D eigenvalue weighted by Crippen LogP contribution is 2.52. The number of hydrogen-bond acceptors (Lipinski definition) is 5. The maximum absolute atomic E-state index is 14.9. The Morgan fingerprint density at radius 2 is 1.42 bits per heavy atom. The molecule has 0 saturated heterocycles. The lowest BCUT2D eigenvalue weighted by Crippen LogP contribution is -2.44. The van der Waals surface area contributed by atoms with Crippen LogP contribution in [0.4, 0.5) is 0 Å². The molecule has 1 heterocycles. The van der Waals surface area contributed by atoms with Crippen molar-refractivity contribution in [1.29, 1.82) is 0 Å². The molecule has 0 aliphatic carbocycles. The molecule has 3 aromatic rings. The summed E-state index contributed by atoms with van der Waals surface area (Å²) in [6.45, 7) is 0.701. The summed E-state index contributed by atoms with van der Waals surface area (Å²) in [6, 6.07) is 28.2. The van der Waals surface area contributed by atoms with E-state index in [4.69, 9.17) is 9.47 Å². The van der Waals surface area contributed by atoms with Crippen molar-refractivity contribution in [1.82, 2.24) is 0 Å². The molecule has 5 nitrogen and oxygen atoms in total. The van der Waals surface area contributed by atoms with Crippen molar-refractivity contribution < 1.29 is 23.9 Å². The summed E-state index contributed by atoms with van der Waals surface area (Å²) in [5.41, 5.74) is 0.330. The normalized spacial score (nSPS) is 19.4. The first-order valence-corrected chi connectivity index (χ1v) is 12.7. The molecule has 33 heavy (non-hydrogen) atoms. The summed E-state index contributed by atoms with van der Waals surface area (Å²) in [5, 5.41) is 11.4. The fourth-order valence-electron chi connectivity index (χ4n) is 4.14. The number of rotatable bonds is 9. The summed E-state index contributed by atoms with van der Waals surface area (Å²) in [4.78, 5) is 12.9. The van der Waals surface area contributed by atoms with E-state index in [1.807, 2.05) is 91.0 Å². The Bertz CT molecular complexity index is 1070. The van der Waals surface area contributed by atoms with Gasteiger partial charge < -0.3 is 19.1 Å². The van der Waals surface area contributed by atoms with Crippen LogP contribution in [0.5, 0.6) is 0 Å². The third kappa shape index (κ3) is 5.40. The van der Waals surface area contributed by atoms with E-state index in [-0.39, 0.29) is 12.4 Å². The van der Waals surface area contributed by atoms with Crippen molar-refractivity contribution >= 4 is 23.5 Å². The number of ketones is 1. The van der Waals surface area contributed by atoms with Crippen molar-refractivity contribution in [3.8, 4) is 0 Å². The molecular formula is C27H27O5P. The van der Waals surface area contributed by atoms with Gasteiger partial charge in [-0.05, 0) is 24.1 Å². The minimum atomic E-state index is -3.35. The molecule has 170 valence electrons. The molecular weight excluding hydrogens is 435 g/mol. The molecule has 0 aromatic heterocycles. The van der Waals surface area contributed by atoms with E-state index in [2.05, 4.69) is 0 Å². The van der Waals surface area contributed by atoms with Gasteiger partial charge in [0, 0.05) is 17.2 Å². The summed E-state index contributed by atoms with van der Waals surface area (Å²) in [6.07, 6.45) is 0.677. The van der Waals surface area contributed by atoms with Crippen LogP contribution in [0.2, 0.25) is 0 Å². The van der Waals surface area contributed by atoms with E-state index in [0.717, 1.165) is 5.56 Å². The molecule has 3 aromatic carbocycles. The number of ether oxygens (including phenoxy) is 2. The van der Waals surface area contributed by atoms with Gasteiger partial charge in [0.2, 0.25) is 0 Å². The van der Waals surface area contributed by atoms with E-state index in [1.54, 1.807) is 0 Å². The Kier molecular flexibility index (Phi) is 7.69. The summed E-state index contributed by atoms with van der Waals surface area (Å²) in [7, 11) is -3.35. The Morgan fingerprint density at radius 1 is 0.879 bits per heavy atom. The van der Waals surface area contributed by atoms with Crippen LogP contribution >= 0.6 is 7.14 Å². The van der Waals surface area contributed by atoms with Gasteiger partial charge in [-0.1, -0.05) is 91.0 Å². The number of hydrogen-bond donors (Lipinski definition) is 1. The first-order chi connectivity index (χ1) is 16.1. The SMILES string of the molecule is O=C1C=CC(O)O[C@@H]1[C@@H](CCOCc1ccccc1)P(=O)(c1ccccc1)c1ccccc1. The van der Waals surface area contributed by atoms with Crippen LogP contribution in [0, 0.1) is 0 Å². The van der Waals surface area contributed by atoms with Gasteiger partial charge in [-0.2, -0.15) is 0 Å².